The van der Waals surface area contributed by atoms with Gasteiger partial charge in [-0.25, -0.2) is 0 Å². The molecule has 0 aromatic heterocycles. The molecule has 0 spiro atoms. The predicted molar refractivity (Wildman–Crippen MR) is 118 cm³/mol. The van der Waals surface area contributed by atoms with Gasteiger partial charge in [0.25, 0.3) is 0 Å². The average Bonchev–Trinajstić information content (AvgIpc) is 2.60. The maximum Gasteiger partial charge on any atom is 0.392 e. The second-order valence-corrected chi connectivity index (χ2v) is 11.9. The van der Waals surface area contributed by atoms with Gasteiger partial charge in [0.05, 0.1) is 15.1 Å². The number of unbranched alkanes of at least 4 members (excludes halogenated alkanes) is 7. The van der Waals surface area contributed by atoms with Crippen LogP contribution in [0.4, 0.5) is 0 Å². The summed E-state index contributed by atoms with van der Waals surface area (Å²) in [4.78, 5) is 0. The third kappa shape index (κ3) is 7.95. The van der Waals surface area contributed by atoms with Crippen LogP contribution in [-0.2, 0) is 4.43 Å². The number of benzene rings is 1. The van der Waals surface area contributed by atoms with Gasteiger partial charge in [0.2, 0.25) is 0 Å². The van der Waals surface area contributed by atoms with Gasteiger partial charge < -0.3 is 8.85 Å². The Morgan fingerprint density at radius 3 is 1.58 bits per heavy atom. The molecule has 0 saturated carbocycles. The zero-order valence-corrected chi connectivity index (χ0v) is 20.3. The van der Waals surface area contributed by atoms with E-state index in [0.717, 1.165) is 12.8 Å². The molecule has 26 heavy (non-hydrogen) atoms. The van der Waals surface area contributed by atoms with Gasteiger partial charge in [0.1, 0.15) is 15.8 Å². The quantitative estimate of drug-likeness (QED) is 0.128. The summed E-state index contributed by atoms with van der Waals surface area (Å²) in [5, 5.41) is 0.691. The molecule has 0 saturated heterocycles. The minimum absolute atomic E-state index is 0.120. The molecular formula is C18H27Cl5O2Si. The van der Waals surface area contributed by atoms with E-state index in [1.807, 2.05) is 13.1 Å². The molecule has 150 valence electrons. The topological polar surface area (TPSA) is 18.5 Å². The van der Waals surface area contributed by atoms with E-state index in [2.05, 4.69) is 6.92 Å². The van der Waals surface area contributed by atoms with Crippen LogP contribution >= 0.6 is 58.0 Å². The molecule has 8 heteroatoms. The highest BCUT2D eigenvalue weighted by atomic mass is 35.5. The zero-order valence-electron chi connectivity index (χ0n) is 15.6. The summed E-state index contributed by atoms with van der Waals surface area (Å²) in [7, 11) is -2.49. The highest BCUT2D eigenvalue weighted by Crippen LogP contribution is 2.48. The van der Waals surface area contributed by atoms with Gasteiger partial charge in [0.15, 0.2) is 0 Å². The van der Waals surface area contributed by atoms with E-state index in [9.17, 15) is 0 Å². The molecule has 0 radical (unpaired) electrons. The Kier molecular flexibility index (Phi) is 11.6. The van der Waals surface area contributed by atoms with Crippen molar-refractivity contribution in [2.75, 3.05) is 6.61 Å². The zero-order chi connectivity index (χ0) is 19.7. The van der Waals surface area contributed by atoms with Crippen LogP contribution in [0.1, 0.15) is 58.3 Å². The fourth-order valence-corrected chi connectivity index (χ4v) is 5.22. The highest BCUT2D eigenvalue weighted by molar-refractivity contribution is 6.66. The second kappa shape index (κ2) is 12.3. The Morgan fingerprint density at radius 2 is 1.08 bits per heavy atom. The Balaban J connectivity index is 2.45. The average molecular weight is 481 g/mol. The van der Waals surface area contributed by atoms with E-state index in [1.165, 1.54) is 38.5 Å². The minimum Gasteiger partial charge on any atom is -0.518 e. The van der Waals surface area contributed by atoms with Gasteiger partial charge in [0, 0.05) is 6.61 Å². The Labute approximate surface area is 183 Å². The molecule has 1 aromatic carbocycles. The van der Waals surface area contributed by atoms with Crippen LogP contribution in [0.25, 0.3) is 0 Å². The predicted octanol–water partition coefficient (Wildman–Crippen LogP) is 9.19. The Bertz CT molecular complexity index is 552. The van der Waals surface area contributed by atoms with Crippen LogP contribution in [0, 0.1) is 0 Å². The van der Waals surface area contributed by atoms with Crippen LogP contribution in [-0.4, -0.2) is 15.2 Å². The SMILES string of the molecule is CCCCCCCCCCO[Si](C)(C)Oc1c(Cl)c(Cl)c(Cl)c(Cl)c1Cl. The number of hydrogen-bond acceptors (Lipinski definition) is 2. The van der Waals surface area contributed by atoms with Crippen molar-refractivity contribution in [3.63, 3.8) is 0 Å². The van der Waals surface area contributed by atoms with Crippen molar-refractivity contribution < 1.29 is 8.85 Å². The first-order valence-electron chi connectivity index (χ1n) is 9.05. The van der Waals surface area contributed by atoms with Crippen LogP contribution in [0.3, 0.4) is 0 Å². The standard InChI is InChI=1S/C18H27Cl5O2Si/c1-4-5-6-7-8-9-10-11-12-24-26(2,3)25-18-16(22)14(20)13(19)15(21)17(18)23/h4-12H2,1-3H3. The lowest BCUT2D eigenvalue weighted by atomic mass is 10.1. The lowest BCUT2D eigenvalue weighted by Gasteiger charge is -2.26. The molecule has 0 aliphatic heterocycles. The maximum absolute atomic E-state index is 6.22. The third-order valence-electron chi connectivity index (χ3n) is 3.96. The second-order valence-electron chi connectivity index (χ2n) is 6.72. The van der Waals surface area contributed by atoms with Crippen molar-refractivity contribution >= 4 is 66.6 Å². The monoisotopic (exact) mass is 478 g/mol. The summed E-state index contributed by atoms with van der Waals surface area (Å²) in [6.45, 7) is 6.75. The van der Waals surface area contributed by atoms with Crippen molar-refractivity contribution in [1.29, 1.82) is 0 Å². The van der Waals surface area contributed by atoms with Gasteiger partial charge in [-0.15, -0.1) is 0 Å². The molecule has 0 bridgehead atoms. The molecule has 0 N–H and O–H groups in total. The summed E-state index contributed by atoms with van der Waals surface area (Å²) < 4.78 is 12.0. The summed E-state index contributed by atoms with van der Waals surface area (Å²) in [6.07, 6.45) is 10.0. The molecular weight excluding hydrogens is 454 g/mol. The first-order chi connectivity index (χ1) is 12.2. The first kappa shape index (κ1) is 24.7. The number of rotatable bonds is 12. The Hall–Kier alpha value is 0.647. The van der Waals surface area contributed by atoms with Crippen molar-refractivity contribution in [3.05, 3.63) is 25.1 Å². The van der Waals surface area contributed by atoms with Crippen LogP contribution in [0.5, 0.6) is 5.75 Å². The van der Waals surface area contributed by atoms with Crippen LogP contribution in [0.2, 0.25) is 38.2 Å². The maximum atomic E-state index is 6.22. The molecule has 0 heterocycles. The van der Waals surface area contributed by atoms with Crippen LogP contribution in [0.15, 0.2) is 0 Å². The van der Waals surface area contributed by atoms with E-state index < -0.39 is 8.56 Å². The van der Waals surface area contributed by atoms with Crippen molar-refractivity contribution in [3.8, 4) is 5.75 Å². The third-order valence-corrected chi connectivity index (χ3v) is 7.80. The smallest absolute Gasteiger partial charge is 0.392 e. The van der Waals surface area contributed by atoms with Gasteiger partial charge in [-0.05, 0) is 19.5 Å². The molecule has 1 aromatic rings. The molecule has 2 nitrogen and oxygen atoms in total. The molecule has 1 rings (SSSR count). The van der Waals surface area contributed by atoms with Gasteiger partial charge in [-0.1, -0.05) is 110 Å². The van der Waals surface area contributed by atoms with Crippen molar-refractivity contribution in [2.45, 2.75) is 71.4 Å². The summed E-state index contributed by atoms with van der Waals surface area (Å²) in [5.74, 6) is 0.236. The van der Waals surface area contributed by atoms with Gasteiger partial charge in [-0.3, -0.25) is 0 Å². The summed E-state index contributed by atoms with van der Waals surface area (Å²) in [5.41, 5.74) is 0. The van der Waals surface area contributed by atoms with E-state index >= 15 is 0 Å². The lowest BCUT2D eigenvalue weighted by Crippen LogP contribution is -2.39. The van der Waals surface area contributed by atoms with Gasteiger partial charge in [-0.2, -0.15) is 0 Å². The van der Waals surface area contributed by atoms with E-state index in [1.54, 1.807) is 0 Å². The number of halogens is 5. The van der Waals surface area contributed by atoms with Gasteiger partial charge >= 0.3 is 8.56 Å². The van der Waals surface area contributed by atoms with E-state index in [-0.39, 0.29) is 30.9 Å². The lowest BCUT2D eigenvalue weighted by molar-refractivity contribution is 0.241. The molecule has 0 atom stereocenters. The highest BCUT2D eigenvalue weighted by Gasteiger charge is 2.31. The first-order valence-corrected chi connectivity index (χ1v) is 13.8. The molecule has 0 aliphatic carbocycles. The molecule has 0 amide bonds. The van der Waals surface area contributed by atoms with Crippen LogP contribution < -0.4 is 4.43 Å². The normalized spacial score (nSPS) is 11.8. The largest absolute Gasteiger partial charge is 0.518 e. The summed E-state index contributed by atoms with van der Waals surface area (Å²) >= 11 is 30.6. The molecule has 0 fully saturated rings. The fourth-order valence-electron chi connectivity index (χ4n) is 2.50. The summed E-state index contributed by atoms with van der Waals surface area (Å²) in [6, 6.07) is 0. The molecule has 0 unspecified atom stereocenters. The van der Waals surface area contributed by atoms with Crippen molar-refractivity contribution in [2.24, 2.45) is 0 Å². The van der Waals surface area contributed by atoms with E-state index in [0.29, 0.717) is 6.61 Å². The van der Waals surface area contributed by atoms with E-state index in [4.69, 9.17) is 66.9 Å². The molecule has 0 aliphatic rings. The fraction of sp³-hybridized carbons (Fsp3) is 0.667. The minimum atomic E-state index is -2.49. The number of hydrogen-bond donors (Lipinski definition) is 0. The van der Waals surface area contributed by atoms with Crippen molar-refractivity contribution in [1.82, 2.24) is 0 Å². The Morgan fingerprint density at radius 1 is 0.654 bits per heavy atom.